The summed E-state index contributed by atoms with van der Waals surface area (Å²) in [6.45, 7) is 1.79. The minimum atomic E-state index is -1.11. The van der Waals surface area contributed by atoms with Crippen molar-refractivity contribution >= 4 is 5.91 Å². The van der Waals surface area contributed by atoms with E-state index in [1.54, 1.807) is 6.92 Å². The molecule has 0 bridgehead atoms. The van der Waals surface area contributed by atoms with E-state index in [9.17, 15) is 13.6 Å². The van der Waals surface area contributed by atoms with Gasteiger partial charge in [-0.1, -0.05) is 24.3 Å². The summed E-state index contributed by atoms with van der Waals surface area (Å²) in [4.78, 5) is 11.2. The third-order valence-corrected chi connectivity index (χ3v) is 3.45. The number of benzene rings is 2. The number of rotatable bonds is 6. The third kappa shape index (κ3) is 4.50. The number of hydrogen-bond acceptors (Lipinski definition) is 3. The van der Waals surface area contributed by atoms with Crippen LogP contribution in [0.3, 0.4) is 0 Å². The van der Waals surface area contributed by atoms with Crippen LogP contribution < -0.4 is 16.2 Å². The molecule has 0 aliphatic rings. The van der Waals surface area contributed by atoms with E-state index < -0.39 is 23.1 Å². The highest BCUT2D eigenvalue weighted by molar-refractivity contribution is 5.84. The maximum Gasteiger partial charge on any atom is 0.237 e. The molecule has 122 valence electrons. The van der Waals surface area contributed by atoms with E-state index in [0.29, 0.717) is 6.42 Å². The first-order valence-corrected chi connectivity index (χ1v) is 7.02. The first kappa shape index (κ1) is 16.9. The van der Waals surface area contributed by atoms with Crippen molar-refractivity contribution in [2.75, 3.05) is 0 Å². The monoisotopic (exact) mass is 320 g/mol. The molecule has 2 aromatic carbocycles. The molecular weight excluding hydrogens is 302 g/mol. The molecule has 4 N–H and O–H groups in total. The van der Waals surface area contributed by atoms with Gasteiger partial charge in [-0.2, -0.15) is 0 Å². The van der Waals surface area contributed by atoms with Crippen molar-refractivity contribution in [3.8, 4) is 5.75 Å². The van der Waals surface area contributed by atoms with Crippen molar-refractivity contribution in [2.45, 2.75) is 25.5 Å². The van der Waals surface area contributed by atoms with Gasteiger partial charge in [0.15, 0.2) is 11.6 Å². The first-order chi connectivity index (χ1) is 10.8. The molecule has 0 aliphatic heterocycles. The lowest BCUT2D eigenvalue weighted by atomic mass is 9.93. The molecule has 2 rings (SSSR count). The van der Waals surface area contributed by atoms with Crippen LogP contribution in [0.1, 0.15) is 18.1 Å². The number of amides is 1. The number of ether oxygens (including phenoxy) is 1. The lowest BCUT2D eigenvalue weighted by molar-refractivity contribution is -0.122. The molecule has 0 aliphatic carbocycles. The molecule has 1 atom stereocenters. The third-order valence-electron chi connectivity index (χ3n) is 3.45. The Morgan fingerprint density at radius 3 is 2.26 bits per heavy atom. The lowest BCUT2D eigenvalue weighted by Gasteiger charge is -2.20. The first-order valence-electron chi connectivity index (χ1n) is 7.02. The Morgan fingerprint density at radius 1 is 1.09 bits per heavy atom. The van der Waals surface area contributed by atoms with Gasteiger partial charge >= 0.3 is 0 Å². The second-order valence-electron chi connectivity index (χ2n) is 5.64. The maximum absolute atomic E-state index is 13.1. The summed E-state index contributed by atoms with van der Waals surface area (Å²) >= 11 is 0. The van der Waals surface area contributed by atoms with Crippen molar-refractivity contribution in [2.24, 2.45) is 11.5 Å². The van der Waals surface area contributed by atoms with Crippen molar-refractivity contribution in [1.29, 1.82) is 0 Å². The van der Waals surface area contributed by atoms with Crippen LogP contribution in [0, 0.1) is 11.6 Å². The van der Waals surface area contributed by atoms with Crippen LogP contribution in [-0.2, 0) is 17.8 Å². The number of carbonyl (C=O) groups is 1. The van der Waals surface area contributed by atoms with E-state index in [2.05, 4.69) is 0 Å². The molecule has 0 fully saturated rings. The van der Waals surface area contributed by atoms with E-state index in [1.807, 2.05) is 24.3 Å². The Morgan fingerprint density at radius 2 is 1.70 bits per heavy atom. The molecule has 0 heterocycles. The molecule has 4 nitrogen and oxygen atoms in total. The number of hydrogen-bond donors (Lipinski definition) is 2. The van der Waals surface area contributed by atoms with Gasteiger partial charge in [0.2, 0.25) is 5.91 Å². The summed E-state index contributed by atoms with van der Waals surface area (Å²) in [6.07, 6.45) is 0.326. The normalized spacial score (nSPS) is 13.4. The van der Waals surface area contributed by atoms with Crippen LogP contribution in [-0.4, -0.2) is 11.4 Å². The predicted octanol–water partition coefficient (Wildman–Crippen LogP) is 2.29. The van der Waals surface area contributed by atoms with Crippen LogP contribution >= 0.6 is 0 Å². The standard InChI is InChI=1S/C17H18F2N2O2/c1-17(21,16(20)22)9-11-2-4-12(5-3-11)10-23-13-6-7-14(18)15(19)8-13/h2-8H,9-10,21H2,1H3,(H2,20,22). The van der Waals surface area contributed by atoms with Crippen LogP contribution in [0.15, 0.2) is 42.5 Å². The van der Waals surface area contributed by atoms with Gasteiger partial charge in [0.25, 0.3) is 0 Å². The summed E-state index contributed by atoms with van der Waals surface area (Å²) in [6, 6.07) is 10.6. The minimum Gasteiger partial charge on any atom is -0.489 e. The quantitative estimate of drug-likeness (QED) is 0.857. The summed E-state index contributed by atoms with van der Waals surface area (Å²) in [7, 11) is 0. The zero-order valence-electron chi connectivity index (χ0n) is 12.7. The van der Waals surface area contributed by atoms with Crippen molar-refractivity contribution < 1.29 is 18.3 Å². The Balaban J connectivity index is 1.97. The number of carbonyl (C=O) groups excluding carboxylic acids is 1. The largest absolute Gasteiger partial charge is 0.489 e. The van der Waals surface area contributed by atoms with Crippen LogP contribution in [0.4, 0.5) is 8.78 Å². The SMILES string of the molecule is CC(N)(Cc1ccc(COc2ccc(F)c(F)c2)cc1)C(N)=O. The van der Waals surface area contributed by atoms with E-state index >= 15 is 0 Å². The second-order valence-corrected chi connectivity index (χ2v) is 5.64. The Kier molecular flexibility index (Phi) is 4.95. The lowest BCUT2D eigenvalue weighted by Crippen LogP contribution is -2.51. The van der Waals surface area contributed by atoms with E-state index in [0.717, 1.165) is 23.3 Å². The van der Waals surface area contributed by atoms with Crippen molar-refractivity contribution in [1.82, 2.24) is 0 Å². The van der Waals surface area contributed by atoms with Crippen molar-refractivity contribution in [3.63, 3.8) is 0 Å². The van der Waals surface area contributed by atoms with Gasteiger partial charge in [-0.05, 0) is 36.6 Å². The molecule has 0 saturated heterocycles. The predicted molar refractivity (Wildman–Crippen MR) is 82.6 cm³/mol. The van der Waals surface area contributed by atoms with Gasteiger partial charge in [0.05, 0.1) is 5.54 Å². The fourth-order valence-electron chi connectivity index (χ4n) is 2.00. The van der Waals surface area contributed by atoms with Gasteiger partial charge in [-0.15, -0.1) is 0 Å². The molecular formula is C17H18F2N2O2. The Labute approximate surface area is 133 Å². The van der Waals surface area contributed by atoms with Gasteiger partial charge in [0.1, 0.15) is 12.4 Å². The van der Waals surface area contributed by atoms with E-state index in [1.165, 1.54) is 6.07 Å². The molecule has 0 saturated carbocycles. The number of primary amides is 1. The summed E-state index contributed by atoms with van der Waals surface area (Å²) in [5.74, 6) is -2.19. The molecule has 1 unspecified atom stereocenters. The molecule has 0 aromatic heterocycles. The molecule has 0 radical (unpaired) electrons. The smallest absolute Gasteiger partial charge is 0.237 e. The van der Waals surface area contributed by atoms with E-state index in [4.69, 9.17) is 16.2 Å². The van der Waals surface area contributed by atoms with Crippen LogP contribution in [0.25, 0.3) is 0 Å². The molecule has 0 spiro atoms. The van der Waals surface area contributed by atoms with Crippen LogP contribution in [0.2, 0.25) is 0 Å². The highest BCUT2D eigenvalue weighted by Crippen LogP contribution is 2.18. The highest BCUT2D eigenvalue weighted by Gasteiger charge is 2.25. The average Bonchev–Trinajstić information content (AvgIpc) is 2.49. The van der Waals surface area contributed by atoms with Crippen LogP contribution in [0.5, 0.6) is 5.75 Å². The molecule has 1 amide bonds. The molecule has 6 heteroatoms. The zero-order valence-corrected chi connectivity index (χ0v) is 12.7. The van der Waals surface area contributed by atoms with Gasteiger partial charge in [-0.25, -0.2) is 8.78 Å². The average molecular weight is 320 g/mol. The fourth-order valence-corrected chi connectivity index (χ4v) is 2.00. The maximum atomic E-state index is 13.1. The van der Waals surface area contributed by atoms with Gasteiger partial charge in [-0.3, -0.25) is 4.79 Å². The summed E-state index contributed by atoms with van der Waals surface area (Å²) in [5.41, 5.74) is 11.7. The fraction of sp³-hybridized carbons (Fsp3) is 0.235. The Bertz CT molecular complexity index is 700. The summed E-state index contributed by atoms with van der Waals surface area (Å²) < 4.78 is 31.3. The van der Waals surface area contributed by atoms with Gasteiger partial charge < -0.3 is 16.2 Å². The van der Waals surface area contributed by atoms with Gasteiger partial charge in [0, 0.05) is 6.07 Å². The number of halogens is 2. The molecule has 2 aromatic rings. The Hall–Kier alpha value is -2.47. The van der Waals surface area contributed by atoms with E-state index in [-0.39, 0.29) is 12.4 Å². The topological polar surface area (TPSA) is 78.3 Å². The number of nitrogens with two attached hydrogens (primary N) is 2. The zero-order chi connectivity index (χ0) is 17.0. The second kappa shape index (κ2) is 6.75. The van der Waals surface area contributed by atoms with Crippen molar-refractivity contribution in [3.05, 3.63) is 65.2 Å². The minimum absolute atomic E-state index is 0.209. The molecule has 23 heavy (non-hydrogen) atoms. The summed E-state index contributed by atoms with van der Waals surface area (Å²) in [5, 5.41) is 0. The highest BCUT2D eigenvalue weighted by atomic mass is 19.2.